The van der Waals surface area contributed by atoms with Crippen molar-refractivity contribution in [1.82, 2.24) is 9.55 Å². The van der Waals surface area contributed by atoms with Gasteiger partial charge in [0.1, 0.15) is 5.56 Å². The third kappa shape index (κ3) is 3.40. The highest BCUT2D eigenvalue weighted by molar-refractivity contribution is 6.04. The van der Waals surface area contributed by atoms with Crippen LogP contribution in [-0.2, 0) is 7.05 Å². The van der Waals surface area contributed by atoms with Crippen molar-refractivity contribution in [2.24, 2.45) is 7.05 Å². The zero-order chi connectivity index (χ0) is 17.9. The third-order valence-electron chi connectivity index (χ3n) is 4.01. The van der Waals surface area contributed by atoms with E-state index in [2.05, 4.69) is 29.0 Å². The van der Waals surface area contributed by atoms with E-state index in [9.17, 15) is 14.4 Å². The van der Waals surface area contributed by atoms with Crippen molar-refractivity contribution in [2.45, 2.75) is 20.8 Å². The van der Waals surface area contributed by atoms with Gasteiger partial charge in [-0.25, -0.2) is 4.79 Å². The molecule has 0 aliphatic heterocycles. The topological polar surface area (TPSA) is 87.2 Å². The van der Waals surface area contributed by atoms with Gasteiger partial charge in [-0.2, -0.15) is 0 Å². The number of H-pyrrole nitrogens is 1. The fourth-order valence-electron chi connectivity index (χ4n) is 2.49. The summed E-state index contributed by atoms with van der Waals surface area (Å²) in [6.45, 7) is 7.86. The van der Waals surface area contributed by atoms with Crippen LogP contribution < -0.4 is 21.5 Å². The highest BCUT2D eigenvalue weighted by atomic mass is 16.2. The van der Waals surface area contributed by atoms with Gasteiger partial charge in [0.25, 0.3) is 11.5 Å². The molecule has 0 saturated heterocycles. The van der Waals surface area contributed by atoms with E-state index in [1.807, 2.05) is 25.1 Å². The summed E-state index contributed by atoms with van der Waals surface area (Å²) in [5, 5.41) is 2.72. The molecule has 1 heterocycles. The Balaban J connectivity index is 2.29. The van der Waals surface area contributed by atoms with Crippen molar-refractivity contribution in [2.75, 3.05) is 23.3 Å². The Morgan fingerprint density at radius 1 is 1.25 bits per heavy atom. The molecule has 0 bridgehead atoms. The summed E-state index contributed by atoms with van der Waals surface area (Å²) < 4.78 is 0.866. The first-order valence-electron chi connectivity index (χ1n) is 7.84. The number of rotatable bonds is 5. The molecular weight excluding hydrogens is 308 g/mol. The number of amides is 1. The minimum atomic E-state index is -0.631. The molecule has 128 valence electrons. The fourth-order valence-corrected chi connectivity index (χ4v) is 2.49. The Labute approximate surface area is 139 Å². The lowest BCUT2D eigenvalue weighted by Crippen LogP contribution is -2.37. The smallest absolute Gasteiger partial charge is 0.328 e. The standard InChI is InChI=1S/C17H22N4O3/c1-5-21(6-2)12-7-8-14(11(3)9-12)19-15(22)13-10-18-17(24)20(4)16(13)23/h7-10H,5-6H2,1-4H3,(H,18,24)(H,19,22). The van der Waals surface area contributed by atoms with Gasteiger partial charge in [-0.3, -0.25) is 14.2 Å². The summed E-state index contributed by atoms with van der Waals surface area (Å²) in [7, 11) is 1.32. The van der Waals surface area contributed by atoms with Crippen molar-refractivity contribution in [3.63, 3.8) is 0 Å². The maximum atomic E-state index is 12.3. The number of aryl methyl sites for hydroxylation is 1. The lowest BCUT2D eigenvalue weighted by Gasteiger charge is -2.22. The minimum absolute atomic E-state index is 0.107. The van der Waals surface area contributed by atoms with Crippen LogP contribution in [0.5, 0.6) is 0 Å². The van der Waals surface area contributed by atoms with E-state index in [4.69, 9.17) is 0 Å². The molecule has 7 nitrogen and oxygen atoms in total. The van der Waals surface area contributed by atoms with Gasteiger partial charge < -0.3 is 15.2 Å². The van der Waals surface area contributed by atoms with E-state index in [1.54, 1.807) is 0 Å². The number of aromatic nitrogens is 2. The lowest BCUT2D eigenvalue weighted by atomic mass is 10.1. The molecule has 1 aromatic carbocycles. The van der Waals surface area contributed by atoms with Crippen LogP contribution in [0.1, 0.15) is 29.8 Å². The first-order chi connectivity index (χ1) is 11.4. The van der Waals surface area contributed by atoms with Crippen molar-refractivity contribution in [3.05, 3.63) is 56.4 Å². The van der Waals surface area contributed by atoms with Crippen LogP contribution >= 0.6 is 0 Å². The molecule has 0 radical (unpaired) electrons. The highest BCUT2D eigenvalue weighted by Gasteiger charge is 2.14. The molecule has 0 aliphatic carbocycles. The SMILES string of the molecule is CCN(CC)c1ccc(NC(=O)c2c[nH]c(=O)n(C)c2=O)c(C)c1. The minimum Gasteiger partial charge on any atom is -0.372 e. The van der Waals surface area contributed by atoms with Crippen LogP contribution in [0.2, 0.25) is 0 Å². The zero-order valence-corrected chi connectivity index (χ0v) is 14.3. The van der Waals surface area contributed by atoms with Crippen molar-refractivity contribution >= 4 is 17.3 Å². The number of carbonyl (C=O) groups is 1. The molecule has 7 heteroatoms. The number of hydrogen-bond donors (Lipinski definition) is 2. The van der Waals surface area contributed by atoms with Gasteiger partial charge in [-0.05, 0) is 44.5 Å². The molecule has 1 amide bonds. The lowest BCUT2D eigenvalue weighted by molar-refractivity contribution is 0.102. The second kappa shape index (κ2) is 7.16. The summed E-state index contributed by atoms with van der Waals surface area (Å²) >= 11 is 0. The molecule has 0 spiro atoms. The number of benzene rings is 1. The summed E-state index contributed by atoms with van der Waals surface area (Å²) in [6.07, 6.45) is 1.14. The number of carbonyl (C=O) groups excluding carboxylic acids is 1. The molecule has 2 rings (SSSR count). The number of nitrogens with zero attached hydrogens (tertiary/aromatic N) is 2. The summed E-state index contributed by atoms with van der Waals surface area (Å²) in [6, 6.07) is 5.74. The molecule has 0 atom stereocenters. The van der Waals surface area contributed by atoms with Gasteiger partial charge in [0.05, 0.1) is 0 Å². The second-order valence-electron chi connectivity index (χ2n) is 5.50. The maximum absolute atomic E-state index is 12.3. The summed E-state index contributed by atoms with van der Waals surface area (Å²) in [5.41, 5.74) is 1.31. The van der Waals surface area contributed by atoms with Crippen LogP contribution in [-0.4, -0.2) is 28.5 Å². The van der Waals surface area contributed by atoms with Gasteiger partial charge in [0, 0.05) is 37.7 Å². The van der Waals surface area contributed by atoms with E-state index >= 15 is 0 Å². The molecule has 0 saturated carbocycles. The molecule has 0 fully saturated rings. The molecular formula is C17H22N4O3. The molecule has 24 heavy (non-hydrogen) atoms. The maximum Gasteiger partial charge on any atom is 0.328 e. The first-order valence-corrected chi connectivity index (χ1v) is 7.84. The largest absolute Gasteiger partial charge is 0.372 e. The van der Waals surface area contributed by atoms with Crippen LogP contribution in [0, 0.1) is 6.92 Å². The number of aromatic amines is 1. The van der Waals surface area contributed by atoms with E-state index in [-0.39, 0.29) is 5.56 Å². The predicted octanol–water partition coefficient (Wildman–Crippen LogP) is 1.48. The van der Waals surface area contributed by atoms with Crippen molar-refractivity contribution in [1.29, 1.82) is 0 Å². The van der Waals surface area contributed by atoms with Crippen LogP contribution in [0.4, 0.5) is 11.4 Å². The van der Waals surface area contributed by atoms with E-state index in [1.165, 1.54) is 7.05 Å². The van der Waals surface area contributed by atoms with Gasteiger partial charge in [-0.15, -0.1) is 0 Å². The van der Waals surface area contributed by atoms with E-state index in [0.717, 1.165) is 35.1 Å². The Bertz CT molecular complexity index is 863. The average Bonchev–Trinajstić information content (AvgIpc) is 2.56. The molecule has 2 N–H and O–H groups in total. The number of anilines is 2. The molecule has 1 aromatic heterocycles. The molecule has 0 aliphatic rings. The van der Waals surface area contributed by atoms with E-state index in [0.29, 0.717) is 5.69 Å². The Morgan fingerprint density at radius 2 is 1.92 bits per heavy atom. The summed E-state index contributed by atoms with van der Waals surface area (Å²) in [5.74, 6) is -0.550. The van der Waals surface area contributed by atoms with Gasteiger partial charge >= 0.3 is 5.69 Å². The Morgan fingerprint density at radius 3 is 2.50 bits per heavy atom. The van der Waals surface area contributed by atoms with E-state index < -0.39 is 17.2 Å². The number of nitrogens with one attached hydrogen (secondary N) is 2. The second-order valence-corrected chi connectivity index (χ2v) is 5.50. The molecule has 0 unspecified atom stereocenters. The Hall–Kier alpha value is -2.83. The van der Waals surface area contributed by atoms with Crippen molar-refractivity contribution < 1.29 is 4.79 Å². The number of hydrogen-bond acceptors (Lipinski definition) is 4. The normalized spacial score (nSPS) is 10.5. The first kappa shape index (κ1) is 17.5. The van der Waals surface area contributed by atoms with Crippen LogP contribution in [0.25, 0.3) is 0 Å². The Kier molecular flexibility index (Phi) is 5.23. The quantitative estimate of drug-likeness (QED) is 0.869. The molecule has 2 aromatic rings. The zero-order valence-electron chi connectivity index (χ0n) is 14.3. The van der Waals surface area contributed by atoms with Crippen LogP contribution in [0.15, 0.2) is 34.0 Å². The fraction of sp³-hybridized carbons (Fsp3) is 0.353. The summed E-state index contributed by atoms with van der Waals surface area (Å²) in [4.78, 5) is 40.3. The third-order valence-corrected chi connectivity index (χ3v) is 4.01. The van der Waals surface area contributed by atoms with Crippen LogP contribution in [0.3, 0.4) is 0 Å². The van der Waals surface area contributed by atoms with Gasteiger partial charge in [-0.1, -0.05) is 0 Å². The van der Waals surface area contributed by atoms with Gasteiger partial charge in [0.2, 0.25) is 0 Å². The van der Waals surface area contributed by atoms with Gasteiger partial charge in [0.15, 0.2) is 0 Å². The average molecular weight is 330 g/mol. The highest BCUT2D eigenvalue weighted by Crippen LogP contribution is 2.22. The monoisotopic (exact) mass is 330 g/mol. The van der Waals surface area contributed by atoms with Crippen molar-refractivity contribution in [3.8, 4) is 0 Å². The predicted molar refractivity (Wildman–Crippen MR) is 95.0 cm³/mol.